The molecule has 1 heterocycles. The molecule has 1 saturated carbocycles. The second-order valence-electron chi connectivity index (χ2n) is 5.75. The van der Waals surface area contributed by atoms with E-state index in [0.29, 0.717) is 5.92 Å². The van der Waals surface area contributed by atoms with Crippen molar-refractivity contribution >= 4 is 5.91 Å². The highest BCUT2D eigenvalue weighted by Gasteiger charge is 2.29. The molecule has 0 aromatic heterocycles. The van der Waals surface area contributed by atoms with Crippen molar-refractivity contribution in [1.29, 1.82) is 0 Å². The van der Waals surface area contributed by atoms with Crippen LogP contribution in [-0.4, -0.2) is 30.4 Å². The van der Waals surface area contributed by atoms with Crippen molar-refractivity contribution < 1.29 is 4.79 Å². The van der Waals surface area contributed by atoms with Gasteiger partial charge in [0.1, 0.15) is 0 Å². The molecule has 2 rings (SSSR count). The summed E-state index contributed by atoms with van der Waals surface area (Å²) < 4.78 is 0. The molecule has 1 unspecified atom stereocenters. The maximum atomic E-state index is 12.5. The molecule has 1 aliphatic carbocycles. The van der Waals surface area contributed by atoms with E-state index in [0.717, 1.165) is 31.5 Å². The quantitative estimate of drug-likeness (QED) is 0.835. The number of hydrogen-bond donors (Lipinski definition) is 1. The zero-order valence-electron chi connectivity index (χ0n) is 11.6. The van der Waals surface area contributed by atoms with Crippen molar-refractivity contribution in [2.24, 2.45) is 5.92 Å². The number of allylic oxidation sites excluding steroid dienone is 1. The van der Waals surface area contributed by atoms with Crippen LogP contribution in [0, 0.1) is 5.92 Å². The Morgan fingerprint density at radius 1 is 1.22 bits per heavy atom. The summed E-state index contributed by atoms with van der Waals surface area (Å²) in [5.74, 6) is 0.931. The van der Waals surface area contributed by atoms with Crippen LogP contribution in [-0.2, 0) is 4.79 Å². The van der Waals surface area contributed by atoms with Gasteiger partial charge in [0.25, 0.3) is 0 Å². The molecule has 1 N–H and O–H groups in total. The summed E-state index contributed by atoms with van der Waals surface area (Å²) in [4.78, 5) is 14.4. The van der Waals surface area contributed by atoms with Gasteiger partial charge in [0.15, 0.2) is 0 Å². The van der Waals surface area contributed by atoms with E-state index in [9.17, 15) is 4.79 Å². The predicted octanol–water partition coefficient (Wildman–Crippen LogP) is 2.68. The minimum Gasteiger partial charge on any atom is -0.315 e. The third-order valence-corrected chi connectivity index (χ3v) is 4.42. The number of nitrogens with zero attached hydrogens (tertiary/aromatic N) is 1. The van der Waals surface area contributed by atoms with Gasteiger partial charge in [-0.3, -0.25) is 4.79 Å². The van der Waals surface area contributed by atoms with Crippen LogP contribution in [0.2, 0.25) is 0 Å². The topological polar surface area (TPSA) is 32.3 Å². The van der Waals surface area contributed by atoms with Crippen LogP contribution in [0.4, 0.5) is 0 Å². The molecule has 0 aromatic carbocycles. The second kappa shape index (κ2) is 6.37. The van der Waals surface area contributed by atoms with Crippen molar-refractivity contribution in [1.82, 2.24) is 10.2 Å². The third-order valence-electron chi connectivity index (χ3n) is 4.42. The molecule has 102 valence electrons. The Kier molecular flexibility index (Phi) is 4.81. The highest BCUT2D eigenvalue weighted by molar-refractivity contribution is 5.83. The standard InChI is InChI=1S/C15H26N2O/c1-12-7-6-10-14(16-2)15(18)17(12)11-13-8-4-3-5-9-13/h13-14,16H,1,3-11H2,2H3. The maximum absolute atomic E-state index is 12.5. The fraction of sp³-hybridized carbons (Fsp3) is 0.800. The Bertz CT molecular complexity index is 308. The lowest BCUT2D eigenvalue weighted by Gasteiger charge is -2.31. The average molecular weight is 250 g/mol. The van der Waals surface area contributed by atoms with Gasteiger partial charge < -0.3 is 10.2 Å². The first kappa shape index (κ1) is 13.6. The Morgan fingerprint density at radius 2 is 1.94 bits per heavy atom. The number of rotatable bonds is 3. The van der Waals surface area contributed by atoms with Gasteiger partial charge in [-0.1, -0.05) is 25.8 Å². The zero-order valence-corrected chi connectivity index (χ0v) is 11.6. The van der Waals surface area contributed by atoms with E-state index < -0.39 is 0 Å². The molecule has 1 saturated heterocycles. The number of carbonyl (C=O) groups is 1. The van der Waals surface area contributed by atoms with Crippen LogP contribution in [0.15, 0.2) is 12.3 Å². The van der Waals surface area contributed by atoms with Crippen LogP contribution < -0.4 is 5.32 Å². The minimum atomic E-state index is -0.00663. The smallest absolute Gasteiger partial charge is 0.243 e. The molecule has 2 fully saturated rings. The van der Waals surface area contributed by atoms with Gasteiger partial charge in [0, 0.05) is 12.2 Å². The molecule has 0 bridgehead atoms. The first-order chi connectivity index (χ1) is 8.72. The van der Waals surface area contributed by atoms with Crippen molar-refractivity contribution in [2.45, 2.75) is 57.4 Å². The Labute approximate surface area is 111 Å². The zero-order chi connectivity index (χ0) is 13.0. The largest absolute Gasteiger partial charge is 0.315 e. The van der Waals surface area contributed by atoms with Gasteiger partial charge in [0.2, 0.25) is 5.91 Å². The average Bonchev–Trinajstić information content (AvgIpc) is 2.53. The van der Waals surface area contributed by atoms with Crippen molar-refractivity contribution in [3.8, 4) is 0 Å². The summed E-state index contributed by atoms with van der Waals surface area (Å²) in [5.41, 5.74) is 1.03. The fourth-order valence-corrected chi connectivity index (χ4v) is 3.23. The van der Waals surface area contributed by atoms with E-state index in [1.54, 1.807) is 0 Å². The van der Waals surface area contributed by atoms with Crippen molar-refractivity contribution in [3.05, 3.63) is 12.3 Å². The molecule has 0 spiro atoms. The molecule has 0 radical (unpaired) electrons. The fourth-order valence-electron chi connectivity index (χ4n) is 3.23. The first-order valence-corrected chi connectivity index (χ1v) is 7.39. The molecular weight excluding hydrogens is 224 g/mol. The lowest BCUT2D eigenvalue weighted by molar-refractivity contribution is -0.131. The molecule has 1 atom stereocenters. The van der Waals surface area contributed by atoms with E-state index in [2.05, 4.69) is 11.9 Å². The van der Waals surface area contributed by atoms with E-state index in [1.807, 2.05) is 11.9 Å². The van der Waals surface area contributed by atoms with Crippen LogP contribution in [0.3, 0.4) is 0 Å². The predicted molar refractivity (Wildman–Crippen MR) is 74.1 cm³/mol. The van der Waals surface area contributed by atoms with Gasteiger partial charge in [-0.05, 0) is 45.1 Å². The minimum absolute atomic E-state index is 0.00663. The Morgan fingerprint density at radius 3 is 2.61 bits per heavy atom. The third kappa shape index (κ3) is 3.14. The second-order valence-corrected chi connectivity index (χ2v) is 5.75. The normalized spacial score (nSPS) is 27.4. The van der Waals surface area contributed by atoms with E-state index in [-0.39, 0.29) is 11.9 Å². The number of likely N-dealkylation sites (N-methyl/N-ethyl adjacent to an activating group) is 1. The van der Waals surface area contributed by atoms with Crippen LogP contribution in [0.25, 0.3) is 0 Å². The summed E-state index contributed by atoms with van der Waals surface area (Å²) in [6.45, 7) is 5.02. The number of hydrogen-bond acceptors (Lipinski definition) is 2. The maximum Gasteiger partial charge on any atom is 0.243 e. The van der Waals surface area contributed by atoms with E-state index in [4.69, 9.17) is 0 Å². The Hall–Kier alpha value is -0.830. The lowest BCUT2D eigenvalue weighted by atomic mass is 9.88. The SMILES string of the molecule is C=C1CCCC(NC)C(=O)N1CC1CCCCC1. The molecule has 2 aliphatic rings. The molecule has 1 aliphatic heterocycles. The molecule has 1 amide bonds. The van der Waals surface area contributed by atoms with Crippen LogP contribution in [0.5, 0.6) is 0 Å². The number of nitrogens with one attached hydrogen (secondary N) is 1. The monoisotopic (exact) mass is 250 g/mol. The highest BCUT2D eigenvalue weighted by atomic mass is 16.2. The van der Waals surface area contributed by atoms with E-state index >= 15 is 0 Å². The number of amides is 1. The summed E-state index contributed by atoms with van der Waals surface area (Å²) in [6, 6.07) is -0.00663. The summed E-state index contributed by atoms with van der Waals surface area (Å²) in [5, 5.41) is 3.15. The van der Waals surface area contributed by atoms with E-state index in [1.165, 1.54) is 32.1 Å². The van der Waals surface area contributed by atoms with Gasteiger partial charge in [-0.2, -0.15) is 0 Å². The molecule has 18 heavy (non-hydrogen) atoms. The number of likely N-dealkylation sites (tertiary alicyclic amines) is 1. The number of carbonyl (C=O) groups excluding carboxylic acids is 1. The molecular formula is C15H26N2O. The van der Waals surface area contributed by atoms with Gasteiger partial charge in [-0.25, -0.2) is 0 Å². The molecule has 0 aromatic rings. The van der Waals surface area contributed by atoms with Crippen LogP contribution in [0.1, 0.15) is 51.4 Å². The lowest BCUT2D eigenvalue weighted by Crippen LogP contribution is -2.45. The van der Waals surface area contributed by atoms with Gasteiger partial charge >= 0.3 is 0 Å². The first-order valence-electron chi connectivity index (χ1n) is 7.39. The summed E-state index contributed by atoms with van der Waals surface area (Å²) >= 11 is 0. The Balaban J connectivity index is 2.01. The highest BCUT2D eigenvalue weighted by Crippen LogP contribution is 2.28. The molecule has 3 nitrogen and oxygen atoms in total. The summed E-state index contributed by atoms with van der Waals surface area (Å²) in [7, 11) is 1.88. The van der Waals surface area contributed by atoms with Crippen molar-refractivity contribution in [3.63, 3.8) is 0 Å². The molecule has 3 heteroatoms. The van der Waals surface area contributed by atoms with Gasteiger partial charge in [0.05, 0.1) is 6.04 Å². The van der Waals surface area contributed by atoms with Gasteiger partial charge in [-0.15, -0.1) is 0 Å². The summed E-state index contributed by atoms with van der Waals surface area (Å²) in [6.07, 6.45) is 9.56. The van der Waals surface area contributed by atoms with Crippen LogP contribution >= 0.6 is 0 Å². The van der Waals surface area contributed by atoms with Crippen molar-refractivity contribution in [2.75, 3.05) is 13.6 Å².